The zero-order valence-corrected chi connectivity index (χ0v) is 14.2. The summed E-state index contributed by atoms with van der Waals surface area (Å²) in [5.74, 6) is -0.703. The van der Waals surface area contributed by atoms with Gasteiger partial charge in [-0.05, 0) is 6.92 Å². The molecule has 0 spiro atoms. The van der Waals surface area contributed by atoms with Crippen LogP contribution in [0.4, 0.5) is 0 Å². The minimum Gasteiger partial charge on any atom is -0.451 e. The van der Waals surface area contributed by atoms with Gasteiger partial charge in [-0.2, -0.15) is 0 Å². The first kappa shape index (κ1) is 16.6. The number of hydrogen-bond acceptors (Lipinski definition) is 6. The number of esters is 1. The molecule has 2 aromatic rings. The number of morpholine rings is 1. The standard InChI is InChI=1S/C17H18N2O4S/c1-12-15(24-16(18-12)13-5-3-2-4-6-13)17(21)23-11-14(20)19-7-9-22-10-8-19/h2-6H,7-11H2,1H3. The van der Waals surface area contributed by atoms with E-state index in [-0.39, 0.29) is 12.5 Å². The van der Waals surface area contributed by atoms with Gasteiger partial charge in [-0.15, -0.1) is 11.3 Å². The summed E-state index contributed by atoms with van der Waals surface area (Å²) in [6.07, 6.45) is 0. The lowest BCUT2D eigenvalue weighted by Crippen LogP contribution is -2.42. The lowest BCUT2D eigenvalue weighted by molar-refractivity contribution is -0.138. The van der Waals surface area contributed by atoms with Crippen molar-refractivity contribution in [3.63, 3.8) is 0 Å². The number of aryl methyl sites for hydroxylation is 1. The van der Waals surface area contributed by atoms with Crippen LogP contribution in [-0.2, 0) is 14.3 Å². The van der Waals surface area contributed by atoms with Crippen LogP contribution in [-0.4, -0.2) is 54.7 Å². The van der Waals surface area contributed by atoms with Gasteiger partial charge >= 0.3 is 5.97 Å². The highest BCUT2D eigenvalue weighted by atomic mass is 32.1. The van der Waals surface area contributed by atoms with Gasteiger partial charge in [0, 0.05) is 18.7 Å². The average Bonchev–Trinajstić information content (AvgIpc) is 3.03. The van der Waals surface area contributed by atoms with E-state index in [0.29, 0.717) is 36.9 Å². The zero-order chi connectivity index (χ0) is 16.9. The number of ether oxygens (including phenoxy) is 2. The maximum atomic E-state index is 12.3. The van der Waals surface area contributed by atoms with Crippen molar-refractivity contribution in [2.24, 2.45) is 0 Å². The lowest BCUT2D eigenvalue weighted by atomic mass is 10.2. The highest BCUT2D eigenvalue weighted by molar-refractivity contribution is 7.17. The zero-order valence-electron chi connectivity index (χ0n) is 13.4. The maximum absolute atomic E-state index is 12.3. The molecule has 1 saturated heterocycles. The van der Waals surface area contributed by atoms with Crippen molar-refractivity contribution in [1.29, 1.82) is 0 Å². The summed E-state index contributed by atoms with van der Waals surface area (Å²) in [6.45, 7) is 3.63. The molecule has 1 aromatic heterocycles. The number of amides is 1. The summed E-state index contributed by atoms with van der Waals surface area (Å²) < 4.78 is 10.4. The van der Waals surface area contributed by atoms with E-state index in [9.17, 15) is 9.59 Å². The number of carbonyl (C=O) groups is 2. The van der Waals surface area contributed by atoms with Crippen molar-refractivity contribution in [3.8, 4) is 10.6 Å². The van der Waals surface area contributed by atoms with Crippen molar-refractivity contribution < 1.29 is 19.1 Å². The van der Waals surface area contributed by atoms with Crippen LogP contribution in [0.2, 0.25) is 0 Å². The van der Waals surface area contributed by atoms with Crippen molar-refractivity contribution in [1.82, 2.24) is 9.88 Å². The number of rotatable bonds is 4. The first-order valence-electron chi connectivity index (χ1n) is 7.70. The summed E-state index contributed by atoms with van der Waals surface area (Å²) in [5, 5.41) is 0.763. The van der Waals surface area contributed by atoms with Crippen LogP contribution in [0.3, 0.4) is 0 Å². The third kappa shape index (κ3) is 3.80. The minimum atomic E-state index is -0.506. The Labute approximate surface area is 144 Å². The fraction of sp³-hybridized carbons (Fsp3) is 0.353. The first-order valence-corrected chi connectivity index (χ1v) is 8.52. The SMILES string of the molecule is Cc1nc(-c2ccccc2)sc1C(=O)OCC(=O)N1CCOCC1. The van der Waals surface area contributed by atoms with E-state index < -0.39 is 5.97 Å². The van der Waals surface area contributed by atoms with Gasteiger partial charge in [-0.25, -0.2) is 9.78 Å². The quantitative estimate of drug-likeness (QED) is 0.794. The van der Waals surface area contributed by atoms with E-state index in [1.165, 1.54) is 11.3 Å². The molecule has 0 bridgehead atoms. The van der Waals surface area contributed by atoms with E-state index in [4.69, 9.17) is 9.47 Å². The Kier molecular flexibility index (Phi) is 5.22. The van der Waals surface area contributed by atoms with Crippen LogP contribution in [0.25, 0.3) is 10.6 Å². The Bertz CT molecular complexity index is 723. The van der Waals surface area contributed by atoms with Crippen LogP contribution < -0.4 is 0 Å². The van der Waals surface area contributed by atoms with Gasteiger partial charge in [0.05, 0.1) is 18.9 Å². The second-order valence-electron chi connectivity index (χ2n) is 5.37. The predicted molar refractivity (Wildman–Crippen MR) is 90.0 cm³/mol. The minimum absolute atomic E-state index is 0.197. The van der Waals surface area contributed by atoms with Crippen LogP contribution in [0.1, 0.15) is 15.4 Å². The number of carbonyl (C=O) groups excluding carboxylic acids is 2. The van der Waals surface area contributed by atoms with Crippen molar-refractivity contribution in [3.05, 3.63) is 40.9 Å². The maximum Gasteiger partial charge on any atom is 0.350 e. The highest BCUT2D eigenvalue weighted by Gasteiger charge is 2.21. The van der Waals surface area contributed by atoms with Gasteiger partial charge in [-0.3, -0.25) is 4.79 Å². The number of nitrogens with zero attached hydrogens (tertiary/aromatic N) is 2. The number of hydrogen-bond donors (Lipinski definition) is 0. The van der Waals surface area contributed by atoms with Crippen LogP contribution in [0.15, 0.2) is 30.3 Å². The molecule has 7 heteroatoms. The topological polar surface area (TPSA) is 68.7 Å². The molecule has 0 aliphatic carbocycles. The molecule has 0 atom stereocenters. The molecular formula is C17H18N2O4S. The molecule has 1 aromatic carbocycles. The third-order valence-corrected chi connectivity index (χ3v) is 4.88. The number of aromatic nitrogens is 1. The monoisotopic (exact) mass is 346 g/mol. The normalized spacial score (nSPS) is 14.5. The number of thiazole rings is 1. The van der Waals surface area contributed by atoms with Gasteiger partial charge in [0.1, 0.15) is 9.88 Å². The van der Waals surface area contributed by atoms with E-state index in [1.54, 1.807) is 11.8 Å². The molecule has 1 amide bonds. The summed E-state index contributed by atoms with van der Waals surface area (Å²) in [4.78, 5) is 30.8. The summed E-state index contributed by atoms with van der Waals surface area (Å²) in [6, 6.07) is 9.65. The molecule has 24 heavy (non-hydrogen) atoms. The second-order valence-corrected chi connectivity index (χ2v) is 6.37. The van der Waals surface area contributed by atoms with E-state index in [1.807, 2.05) is 30.3 Å². The van der Waals surface area contributed by atoms with Crippen LogP contribution in [0, 0.1) is 6.92 Å². The molecule has 0 saturated carbocycles. The molecule has 0 radical (unpaired) electrons. The molecule has 3 rings (SSSR count). The van der Waals surface area contributed by atoms with E-state index in [0.717, 1.165) is 10.6 Å². The molecule has 126 valence electrons. The molecule has 1 aliphatic rings. The largest absolute Gasteiger partial charge is 0.451 e. The lowest BCUT2D eigenvalue weighted by Gasteiger charge is -2.26. The first-order chi connectivity index (χ1) is 11.6. The Balaban J connectivity index is 1.63. The van der Waals surface area contributed by atoms with Gasteiger partial charge in [0.25, 0.3) is 5.91 Å². The van der Waals surface area contributed by atoms with Gasteiger partial charge in [0.15, 0.2) is 6.61 Å². The Hall–Kier alpha value is -2.25. The summed E-state index contributed by atoms with van der Waals surface area (Å²) in [7, 11) is 0. The summed E-state index contributed by atoms with van der Waals surface area (Å²) >= 11 is 1.28. The average molecular weight is 346 g/mol. The van der Waals surface area contributed by atoms with Crippen molar-refractivity contribution in [2.75, 3.05) is 32.9 Å². The van der Waals surface area contributed by atoms with Crippen LogP contribution in [0.5, 0.6) is 0 Å². The van der Waals surface area contributed by atoms with E-state index >= 15 is 0 Å². The molecule has 0 unspecified atom stereocenters. The number of benzene rings is 1. The molecule has 6 nitrogen and oxygen atoms in total. The smallest absolute Gasteiger partial charge is 0.350 e. The Morgan fingerprint density at radius 2 is 1.96 bits per heavy atom. The molecule has 2 heterocycles. The fourth-order valence-electron chi connectivity index (χ4n) is 2.39. The Morgan fingerprint density at radius 1 is 1.25 bits per heavy atom. The summed E-state index contributed by atoms with van der Waals surface area (Å²) in [5.41, 5.74) is 1.57. The molecule has 0 N–H and O–H groups in total. The molecule has 1 aliphatic heterocycles. The van der Waals surface area contributed by atoms with Crippen molar-refractivity contribution in [2.45, 2.75) is 6.92 Å². The van der Waals surface area contributed by atoms with Gasteiger partial charge < -0.3 is 14.4 Å². The molecular weight excluding hydrogens is 328 g/mol. The predicted octanol–water partition coefficient (Wildman–Crippen LogP) is 2.13. The van der Waals surface area contributed by atoms with Crippen molar-refractivity contribution >= 4 is 23.2 Å². The fourth-order valence-corrected chi connectivity index (χ4v) is 3.35. The third-order valence-electron chi connectivity index (χ3n) is 3.69. The Morgan fingerprint density at radius 3 is 2.67 bits per heavy atom. The van der Waals surface area contributed by atoms with Gasteiger partial charge in [-0.1, -0.05) is 30.3 Å². The molecule has 1 fully saturated rings. The van der Waals surface area contributed by atoms with Crippen LogP contribution >= 0.6 is 11.3 Å². The second kappa shape index (κ2) is 7.55. The highest BCUT2D eigenvalue weighted by Crippen LogP contribution is 2.28. The van der Waals surface area contributed by atoms with E-state index in [2.05, 4.69) is 4.98 Å². The van der Waals surface area contributed by atoms with Gasteiger partial charge in [0.2, 0.25) is 0 Å².